The van der Waals surface area contributed by atoms with Crippen molar-refractivity contribution < 1.29 is 23.1 Å². The Hall–Kier alpha value is -0.740. The van der Waals surface area contributed by atoms with Gasteiger partial charge in [0.15, 0.2) is 0 Å². The Morgan fingerprint density at radius 3 is 2.84 bits per heavy atom. The summed E-state index contributed by atoms with van der Waals surface area (Å²) in [5, 5.41) is 8.52. The third kappa shape index (κ3) is 5.83. The van der Waals surface area contributed by atoms with Crippen LogP contribution >= 0.6 is 0 Å². The van der Waals surface area contributed by atoms with Crippen LogP contribution in [-0.2, 0) is 19.7 Å². The van der Waals surface area contributed by atoms with Crippen LogP contribution in [0.15, 0.2) is 0 Å². The Morgan fingerprint density at radius 1 is 1.58 bits per heavy atom. The van der Waals surface area contributed by atoms with E-state index in [9.17, 15) is 13.2 Å². The number of ether oxygens (including phenoxy) is 1. The predicted octanol–water partition coefficient (Wildman–Crippen LogP) is -1.44. The quantitative estimate of drug-likeness (QED) is 0.597. The van der Waals surface area contributed by atoms with Crippen molar-refractivity contribution >= 4 is 16.2 Å². The average molecular weight is 295 g/mol. The molecule has 0 aromatic heterocycles. The van der Waals surface area contributed by atoms with E-state index in [4.69, 9.17) is 9.84 Å². The van der Waals surface area contributed by atoms with E-state index in [1.54, 1.807) is 0 Å². The topological polar surface area (TPSA) is 99.2 Å². The molecule has 0 aromatic carbocycles. The molecule has 1 aliphatic heterocycles. The highest BCUT2D eigenvalue weighted by atomic mass is 32.2. The van der Waals surface area contributed by atoms with Crippen molar-refractivity contribution in [3.63, 3.8) is 0 Å². The number of carboxylic acid groups (broad SMARTS) is 1. The highest BCUT2D eigenvalue weighted by molar-refractivity contribution is 7.87. The molecule has 0 bridgehead atoms. The first-order chi connectivity index (χ1) is 8.81. The van der Waals surface area contributed by atoms with Gasteiger partial charge in [0.05, 0.1) is 19.1 Å². The first kappa shape index (κ1) is 16.3. The number of hydrogen-bond donors (Lipinski definition) is 2. The van der Waals surface area contributed by atoms with Crippen LogP contribution in [0.4, 0.5) is 0 Å². The highest BCUT2D eigenvalue weighted by Gasteiger charge is 2.22. The Labute approximate surface area is 113 Å². The first-order valence-corrected chi connectivity index (χ1v) is 7.48. The van der Waals surface area contributed by atoms with E-state index in [1.807, 2.05) is 7.05 Å². The van der Waals surface area contributed by atoms with Gasteiger partial charge in [0, 0.05) is 33.2 Å². The van der Waals surface area contributed by atoms with Gasteiger partial charge < -0.3 is 14.7 Å². The van der Waals surface area contributed by atoms with Gasteiger partial charge >= 0.3 is 5.97 Å². The van der Waals surface area contributed by atoms with Gasteiger partial charge in [-0.05, 0) is 7.05 Å². The lowest BCUT2D eigenvalue weighted by atomic mass is 10.3. The molecule has 0 radical (unpaired) electrons. The molecule has 1 rings (SSSR count). The van der Waals surface area contributed by atoms with Crippen LogP contribution in [-0.4, -0.2) is 81.7 Å². The summed E-state index contributed by atoms with van der Waals surface area (Å²) in [5.41, 5.74) is 0. The molecule has 1 heterocycles. The monoisotopic (exact) mass is 295 g/mol. The van der Waals surface area contributed by atoms with E-state index in [0.29, 0.717) is 13.2 Å². The summed E-state index contributed by atoms with van der Waals surface area (Å²) >= 11 is 0. The molecular formula is C10H21N3O5S. The molecule has 1 saturated heterocycles. The predicted molar refractivity (Wildman–Crippen MR) is 69.0 cm³/mol. The molecule has 19 heavy (non-hydrogen) atoms. The average Bonchev–Trinajstić information content (AvgIpc) is 2.33. The van der Waals surface area contributed by atoms with E-state index in [-0.39, 0.29) is 25.6 Å². The molecule has 0 saturated carbocycles. The van der Waals surface area contributed by atoms with Gasteiger partial charge in [-0.1, -0.05) is 0 Å². The highest BCUT2D eigenvalue weighted by Crippen LogP contribution is 2.03. The summed E-state index contributed by atoms with van der Waals surface area (Å²) < 4.78 is 32.5. The van der Waals surface area contributed by atoms with Gasteiger partial charge in [0.25, 0.3) is 10.2 Å². The molecule has 1 atom stereocenters. The Kier molecular flexibility index (Phi) is 6.14. The fraction of sp³-hybridized carbons (Fsp3) is 0.900. The second-order valence-corrected chi connectivity index (χ2v) is 6.44. The second-order valence-electron chi connectivity index (χ2n) is 4.57. The van der Waals surface area contributed by atoms with Gasteiger partial charge in [0.1, 0.15) is 0 Å². The number of likely N-dealkylation sites (N-methyl/N-ethyl adjacent to an activating group) is 1. The summed E-state index contributed by atoms with van der Waals surface area (Å²) in [5.74, 6) is -1.03. The molecule has 1 unspecified atom stereocenters. The van der Waals surface area contributed by atoms with E-state index >= 15 is 0 Å². The lowest BCUT2D eigenvalue weighted by Gasteiger charge is -2.30. The van der Waals surface area contributed by atoms with Gasteiger partial charge in [-0.25, -0.2) is 0 Å². The van der Waals surface area contributed by atoms with Crippen molar-refractivity contribution in [2.24, 2.45) is 0 Å². The largest absolute Gasteiger partial charge is 0.481 e. The summed E-state index contributed by atoms with van der Waals surface area (Å²) in [4.78, 5) is 12.5. The molecule has 0 spiro atoms. The Bertz CT molecular complexity index is 400. The maximum Gasteiger partial charge on any atom is 0.304 e. The number of aliphatic carboxylic acids is 1. The minimum Gasteiger partial charge on any atom is -0.481 e. The van der Waals surface area contributed by atoms with Crippen molar-refractivity contribution in [3.05, 3.63) is 0 Å². The van der Waals surface area contributed by atoms with Crippen LogP contribution in [0, 0.1) is 0 Å². The molecule has 9 heteroatoms. The lowest BCUT2D eigenvalue weighted by Crippen LogP contribution is -2.48. The smallest absolute Gasteiger partial charge is 0.304 e. The maximum atomic E-state index is 11.8. The standard InChI is InChI=1S/C10H21N3O5S/c1-12-5-6-18-9(8-12)7-11-19(16,17)13(2)4-3-10(14)15/h9,11H,3-8H2,1-2H3,(H,14,15). The molecule has 8 nitrogen and oxygen atoms in total. The van der Waals surface area contributed by atoms with E-state index in [2.05, 4.69) is 9.62 Å². The van der Waals surface area contributed by atoms with Gasteiger partial charge in [-0.2, -0.15) is 17.4 Å². The molecule has 0 aromatic rings. The fourth-order valence-electron chi connectivity index (χ4n) is 1.67. The van der Waals surface area contributed by atoms with Crippen molar-refractivity contribution in [3.8, 4) is 0 Å². The van der Waals surface area contributed by atoms with Crippen LogP contribution in [0.2, 0.25) is 0 Å². The van der Waals surface area contributed by atoms with Crippen LogP contribution in [0.1, 0.15) is 6.42 Å². The summed E-state index contributed by atoms with van der Waals surface area (Å²) in [7, 11) is -0.358. The second kappa shape index (κ2) is 7.15. The number of nitrogens with zero attached hydrogens (tertiary/aromatic N) is 2. The molecule has 1 aliphatic rings. The van der Waals surface area contributed by atoms with E-state index < -0.39 is 16.2 Å². The number of carbonyl (C=O) groups is 1. The summed E-state index contributed by atoms with van der Waals surface area (Å²) in [6.45, 7) is 2.21. The van der Waals surface area contributed by atoms with Crippen LogP contribution in [0.5, 0.6) is 0 Å². The zero-order valence-electron chi connectivity index (χ0n) is 11.2. The van der Waals surface area contributed by atoms with Crippen molar-refractivity contribution in [2.75, 3.05) is 46.9 Å². The van der Waals surface area contributed by atoms with E-state index in [0.717, 1.165) is 10.8 Å². The van der Waals surface area contributed by atoms with Gasteiger partial charge in [0.2, 0.25) is 0 Å². The number of carboxylic acids is 1. The zero-order chi connectivity index (χ0) is 14.5. The normalized spacial score (nSPS) is 21.7. The molecule has 2 N–H and O–H groups in total. The van der Waals surface area contributed by atoms with Crippen LogP contribution in [0.25, 0.3) is 0 Å². The minimum atomic E-state index is -3.65. The van der Waals surface area contributed by atoms with Crippen molar-refractivity contribution in [1.82, 2.24) is 13.9 Å². The van der Waals surface area contributed by atoms with Crippen LogP contribution in [0.3, 0.4) is 0 Å². The molecule has 1 fully saturated rings. The molecule has 112 valence electrons. The summed E-state index contributed by atoms with van der Waals surface area (Å²) in [6, 6.07) is 0. The van der Waals surface area contributed by atoms with Crippen molar-refractivity contribution in [2.45, 2.75) is 12.5 Å². The fourth-order valence-corrected chi connectivity index (χ4v) is 2.62. The number of nitrogens with one attached hydrogen (secondary N) is 1. The minimum absolute atomic E-state index is 0.0594. The summed E-state index contributed by atoms with van der Waals surface area (Å²) in [6.07, 6.45) is -0.401. The zero-order valence-corrected chi connectivity index (χ0v) is 12.0. The van der Waals surface area contributed by atoms with Gasteiger partial charge in [-0.3, -0.25) is 4.79 Å². The van der Waals surface area contributed by atoms with Gasteiger partial charge in [-0.15, -0.1) is 0 Å². The third-order valence-corrected chi connectivity index (χ3v) is 4.42. The van der Waals surface area contributed by atoms with Crippen molar-refractivity contribution in [1.29, 1.82) is 0 Å². The van der Waals surface area contributed by atoms with Crippen LogP contribution < -0.4 is 4.72 Å². The third-order valence-electron chi connectivity index (χ3n) is 2.89. The molecule has 0 aliphatic carbocycles. The van der Waals surface area contributed by atoms with E-state index in [1.165, 1.54) is 7.05 Å². The lowest BCUT2D eigenvalue weighted by molar-refractivity contribution is -0.137. The number of hydrogen-bond acceptors (Lipinski definition) is 5. The Morgan fingerprint density at radius 2 is 2.26 bits per heavy atom. The molecular weight excluding hydrogens is 274 g/mol. The SMILES string of the molecule is CN1CCOC(CNS(=O)(=O)N(C)CCC(=O)O)C1. The maximum absolute atomic E-state index is 11.8. The number of rotatable bonds is 7. The molecule has 0 amide bonds. The Balaban J connectivity index is 2.39. The first-order valence-electron chi connectivity index (χ1n) is 6.04. The number of morpholine rings is 1.